The van der Waals surface area contributed by atoms with E-state index in [9.17, 15) is 13.2 Å². The van der Waals surface area contributed by atoms with Gasteiger partial charge in [-0.15, -0.1) is 10.2 Å². The molecular weight excluding hydrogens is 404 g/mol. The van der Waals surface area contributed by atoms with Crippen LogP contribution in [0.15, 0.2) is 53.4 Å². The summed E-state index contributed by atoms with van der Waals surface area (Å²) in [5.41, 5.74) is 2.45. The minimum Gasteiger partial charge on any atom is -0.324 e. The van der Waals surface area contributed by atoms with Crippen LogP contribution in [0.5, 0.6) is 0 Å². The normalized spacial score (nSPS) is 14.7. The first-order chi connectivity index (χ1) is 14.4. The second-order valence-electron chi connectivity index (χ2n) is 7.19. The molecule has 0 unspecified atom stereocenters. The first-order valence-corrected chi connectivity index (χ1v) is 11.1. The van der Waals surface area contributed by atoms with Gasteiger partial charge in [0.15, 0.2) is 0 Å². The number of tetrazole rings is 1. The van der Waals surface area contributed by atoms with Crippen molar-refractivity contribution in [1.82, 2.24) is 24.5 Å². The standard InChI is InChI=1S/C20H22N6O3S/c1-15-4-6-16(7-5-15)20-22-24-26(23-20)14-19(27)21-17-8-10-18(11-9-17)30(28,29)25-12-2-3-13-25/h4-11H,2-3,12-14H2,1H3,(H,21,27). The van der Waals surface area contributed by atoms with Gasteiger partial charge >= 0.3 is 0 Å². The summed E-state index contributed by atoms with van der Waals surface area (Å²) in [5, 5.41) is 14.9. The first-order valence-electron chi connectivity index (χ1n) is 9.67. The first kappa shape index (κ1) is 20.2. The Balaban J connectivity index is 1.38. The Kier molecular flexibility index (Phi) is 5.60. The Labute approximate surface area is 174 Å². The van der Waals surface area contributed by atoms with E-state index < -0.39 is 10.0 Å². The lowest BCUT2D eigenvalue weighted by Gasteiger charge is -2.15. The molecule has 1 aliphatic rings. The quantitative estimate of drug-likeness (QED) is 0.646. The van der Waals surface area contributed by atoms with Crippen LogP contribution < -0.4 is 5.32 Å². The fourth-order valence-electron chi connectivity index (χ4n) is 3.25. The predicted molar refractivity (Wildman–Crippen MR) is 111 cm³/mol. The van der Waals surface area contributed by atoms with Gasteiger partial charge in [-0.3, -0.25) is 4.79 Å². The molecule has 1 N–H and O–H groups in total. The van der Waals surface area contributed by atoms with Crippen LogP contribution in [0.2, 0.25) is 0 Å². The number of anilines is 1. The molecule has 0 spiro atoms. The second-order valence-corrected chi connectivity index (χ2v) is 9.13. The van der Waals surface area contributed by atoms with Crippen molar-refractivity contribution in [2.45, 2.75) is 31.2 Å². The Bertz CT molecular complexity index is 1130. The van der Waals surface area contributed by atoms with Crippen molar-refractivity contribution in [2.75, 3.05) is 18.4 Å². The largest absolute Gasteiger partial charge is 0.324 e. The molecule has 3 aromatic rings. The van der Waals surface area contributed by atoms with E-state index in [0.29, 0.717) is 24.6 Å². The van der Waals surface area contributed by atoms with Crippen LogP contribution in [0.3, 0.4) is 0 Å². The number of aryl methyl sites for hydroxylation is 1. The SMILES string of the molecule is Cc1ccc(-c2nnn(CC(=O)Nc3ccc(S(=O)(=O)N4CCCC4)cc3)n2)cc1. The molecule has 30 heavy (non-hydrogen) atoms. The van der Waals surface area contributed by atoms with Gasteiger partial charge in [0.25, 0.3) is 0 Å². The second kappa shape index (κ2) is 8.33. The number of carbonyl (C=O) groups is 1. The van der Waals surface area contributed by atoms with Crippen LogP contribution in [0.4, 0.5) is 5.69 Å². The van der Waals surface area contributed by atoms with Crippen LogP contribution in [-0.2, 0) is 21.4 Å². The number of nitrogens with one attached hydrogen (secondary N) is 1. The lowest BCUT2D eigenvalue weighted by atomic mass is 10.1. The van der Waals surface area contributed by atoms with Gasteiger partial charge in [0.2, 0.25) is 21.8 Å². The molecule has 1 fully saturated rings. The van der Waals surface area contributed by atoms with Crippen molar-refractivity contribution in [3.63, 3.8) is 0 Å². The molecule has 9 nitrogen and oxygen atoms in total. The van der Waals surface area contributed by atoms with E-state index in [0.717, 1.165) is 24.0 Å². The molecule has 2 heterocycles. The minimum atomic E-state index is -3.47. The number of benzene rings is 2. The van der Waals surface area contributed by atoms with Crippen molar-refractivity contribution in [1.29, 1.82) is 0 Å². The van der Waals surface area contributed by atoms with E-state index in [4.69, 9.17) is 0 Å². The average molecular weight is 427 g/mol. The van der Waals surface area contributed by atoms with E-state index in [1.165, 1.54) is 21.2 Å². The lowest BCUT2D eigenvalue weighted by molar-refractivity contribution is -0.117. The van der Waals surface area contributed by atoms with E-state index in [1.807, 2.05) is 31.2 Å². The van der Waals surface area contributed by atoms with Gasteiger partial charge in [-0.05, 0) is 49.2 Å². The molecule has 1 aromatic heterocycles. The highest BCUT2D eigenvalue weighted by Gasteiger charge is 2.26. The summed E-state index contributed by atoms with van der Waals surface area (Å²) in [4.78, 5) is 13.7. The number of aromatic nitrogens is 4. The zero-order valence-corrected chi connectivity index (χ0v) is 17.3. The average Bonchev–Trinajstić information content (AvgIpc) is 3.41. The number of hydrogen-bond acceptors (Lipinski definition) is 6. The molecule has 10 heteroatoms. The molecule has 4 rings (SSSR count). The maximum absolute atomic E-state index is 12.6. The fourth-order valence-corrected chi connectivity index (χ4v) is 4.76. The molecule has 2 aromatic carbocycles. The highest BCUT2D eigenvalue weighted by molar-refractivity contribution is 7.89. The number of amides is 1. The number of sulfonamides is 1. The van der Waals surface area contributed by atoms with Crippen LogP contribution in [0.1, 0.15) is 18.4 Å². The van der Waals surface area contributed by atoms with Gasteiger partial charge < -0.3 is 5.32 Å². The number of carbonyl (C=O) groups excluding carboxylic acids is 1. The topological polar surface area (TPSA) is 110 Å². The summed E-state index contributed by atoms with van der Waals surface area (Å²) in [5.74, 6) is 0.109. The molecule has 156 valence electrons. The predicted octanol–water partition coefficient (Wildman–Crippen LogP) is 2.07. The summed E-state index contributed by atoms with van der Waals surface area (Å²) in [6.45, 7) is 2.99. The maximum Gasteiger partial charge on any atom is 0.248 e. The van der Waals surface area contributed by atoms with Gasteiger partial charge in [-0.2, -0.15) is 9.10 Å². The molecule has 1 aliphatic heterocycles. The smallest absolute Gasteiger partial charge is 0.248 e. The van der Waals surface area contributed by atoms with Gasteiger partial charge in [0.05, 0.1) is 4.90 Å². The third kappa shape index (κ3) is 4.39. The van der Waals surface area contributed by atoms with Crippen molar-refractivity contribution < 1.29 is 13.2 Å². The van der Waals surface area contributed by atoms with Gasteiger partial charge in [-0.25, -0.2) is 8.42 Å². The van der Waals surface area contributed by atoms with E-state index >= 15 is 0 Å². The Hall–Kier alpha value is -3.11. The Morgan fingerprint density at radius 3 is 2.37 bits per heavy atom. The molecule has 0 radical (unpaired) electrons. The summed E-state index contributed by atoms with van der Waals surface area (Å²) < 4.78 is 26.6. The molecule has 0 aliphatic carbocycles. The third-order valence-corrected chi connectivity index (χ3v) is 6.80. The number of hydrogen-bond donors (Lipinski definition) is 1. The Morgan fingerprint density at radius 1 is 1.03 bits per heavy atom. The zero-order valence-electron chi connectivity index (χ0n) is 16.5. The van der Waals surface area contributed by atoms with Crippen LogP contribution in [0.25, 0.3) is 11.4 Å². The summed E-state index contributed by atoms with van der Waals surface area (Å²) in [6.07, 6.45) is 1.77. The highest BCUT2D eigenvalue weighted by Crippen LogP contribution is 2.22. The summed E-state index contributed by atoms with van der Waals surface area (Å²) >= 11 is 0. The van der Waals surface area contributed by atoms with Crippen molar-refractivity contribution in [2.24, 2.45) is 0 Å². The molecule has 1 saturated heterocycles. The molecule has 1 amide bonds. The number of rotatable bonds is 6. The van der Waals surface area contributed by atoms with Crippen molar-refractivity contribution >= 4 is 21.6 Å². The van der Waals surface area contributed by atoms with Gasteiger partial charge in [0.1, 0.15) is 6.54 Å². The van der Waals surface area contributed by atoms with Gasteiger partial charge in [-0.1, -0.05) is 29.8 Å². The number of nitrogens with zero attached hydrogens (tertiary/aromatic N) is 5. The van der Waals surface area contributed by atoms with E-state index in [-0.39, 0.29) is 17.3 Å². The molecule has 0 atom stereocenters. The van der Waals surface area contributed by atoms with Crippen molar-refractivity contribution in [3.05, 3.63) is 54.1 Å². The lowest BCUT2D eigenvalue weighted by Crippen LogP contribution is -2.27. The van der Waals surface area contributed by atoms with Crippen molar-refractivity contribution in [3.8, 4) is 11.4 Å². The molecular formula is C20H22N6O3S. The Morgan fingerprint density at radius 2 is 1.70 bits per heavy atom. The summed E-state index contributed by atoms with van der Waals surface area (Å²) in [7, 11) is -3.47. The zero-order chi connectivity index (χ0) is 21.1. The third-order valence-electron chi connectivity index (χ3n) is 4.89. The van der Waals surface area contributed by atoms with E-state index in [2.05, 4.69) is 20.7 Å². The van der Waals surface area contributed by atoms with Crippen LogP contribution >= 0.6 is 0 Å². The monoisotopic (exact) mass is 426 g/mol. The highest BCUT2D eigenvalue weighted by atomic mass is 32.2. The van der Waals surface area contributed by atoms with Gasteiger partial charge in [0, 0.05) is 24.3 Å². The van der Waals surface area contributed by atoms with Crippen LogP contribution in [0, 0.1) is 6.92 Å². The summed E-state index contributed by atoms with van der Waals surface area (Å²) in [6, 6.07) is 13.9. The maximum atomic E-state index is 12.6. The van der Waals surface area contributed by atoms with E-state index in [1.54, 1.807) is 12.1 Å². The van der Waals surface area contributed by atoms with Crippen LogP contribution in [-0.4, -0.2) is 51.9 Å². The minimum absolute atomic E-state index is 0.104. The fraction of sp³-hybridized carbons (Fsp3) is 0.300. The molecule has 0 bridgehead atoms. The molecule has 0 saturated carbocycles.